The molecule has 0 aromatic heterocycles. The summed E-state index contributed by atoms with van der Waals surface area (Å²) >= 11 is 0. The zero-order valence-corrected chi connectivity index (χ0v) is 23.6. The molecule has 0 aromatic carbocycles. The van der Waals surface area contributed by atoms with Gasteiger partial charge in [-0.1, -0.05) is 66.5 Å². The zero-order chi connectivity index (χ0) is 26.5. The quantitative estimate of drug-likeness (QED) is 0.258. The summed E-state index contributed by atoms with van der Waals surface area (Å²) < 4.78 is 5.97. The highest BCUT2D eigenvalue weighted by Crippen LogP contribution is 2.71. The Morgan fingerprint density at radius 3 is 2.17 bits per heavy atom. The van der Waals surface area contributed by atoms with Crippen molar-refractivity contribution in [3.8, 4) is 0 Å². The number of aliphatic hydroxyl groups excluding tert-OH is 1. The van der Waals surface area contributed by atoms with Crippen LogP contribution in [0.15, 0.2) is 11.1 Å². The van der Waals surface area contributed by atoms with Crippen LogP contribution in [0.25, 0.3) is 0 Å². The standard InChI is InChI=1S/C29H51NO5/c1-14-11-21-29(32,13-34-21)25-18(5)27(9)12-20(24(35-33)23(31)19(6)30)16(3)22(26(27,7)8)15(2)17(4)28(14,25)10/h14-15,17-21,23-25,31-33H,11-13,30H2,1-10H3/t14?,15?,17?,18?,19?,20?,21?,23?,24-,25?,27?,28+,29+/m1/s1. The number of hydrogen-bond donors (Lipinski definition) is 4. The van der Waals surface area contributed by atoms with E-state index in [9.17, 15) is 15.5 Å². The topological polar surface area (TPSA) is 105 Å². The first-order valence-electron chi connectivity index (χ1n) is 13.8. The molecular formula is C29H51NO5. The van der Waals surface area contributed by atoms with E-state index in [4.69, 9.17) is 15.4 Å². The van der Waals surface area contributed by atoms with Gasteiger partial charge >= 0.3 is 0 Å². The van der Waals surface area contributed by atoms with Gasteiger partial charge in [-0.2, -0.15) is 0 Å². The molecule has 0 radical (unpaired) electrons. The second-order valence-corrected chi connectivity index (χ2v) is 14.0. The summed E-state index contributed by atoms with van der Waals surface area (Å²) in [5, 5.41) is 33.1. The van der Waals surface area contributed by atoms with E-state index in [1.807, 2.05) is 0 Å². The van der Waals surface area contributed by atoms with Gasteiger partial charge in [0.1, 0.15) is 11.7 Å². The van der Waals surface area contributed by atoms with E-state index >= 15 is 0 Å². The normalized spacial score (nSPS) is 51.8. The van der Waals surface area contributed by atoms with Crippen molar-refractivity contribution in [3.63, 3.8) is 0 Å². The lowest BCUT2D eigenvalue weighted by Crippen LogP contribution is -2.75. The molecule has 35 heavy (non-hydrogen) atoms. The van der Waals surface area contributed by atoms with Crippen LogP contribution < -0.4 is 5.73 Å². The molecule has 1 saturated heterocycles. The lowest BCUT2D eigenvalue weighted by molar-refractivity contribution is -0.340. The summed E-state index contributed by atoms with van der Waals surface area (Å²) in [5.41, 5.74) is 7.47. The summed E-state index contributed by atoms with van der Waals surface area (Å²) in [4.78, 5) is 5.01. The van der Waals surface area contributed by atoms with E-state index in [1.165, 1.54) is 11.1 Å². The largest absolute Gasteiger partial charge is 0.389 e. The first-order valence-corrected chi connectivity index (χ1v) is 13.8. The third-order valence-electron chi connectivity index (χ3n) is 12.7. The van der Waals surface area contributed by atoms with E-state index in [2.05, 4.69) is 62.3 Å². The third-order valence-corrected chi connectivity index (χ3v) is 12.7. The Hall–Kier alpha value is -0.500. The van der Waals surface area contributed by atoms with Gasteiger partial charge in [-0.05, 0) is 66.6 Å². The molecule has 10 unspecified atom stereocenters. The number of fused-ring (bicyclic) bond motifs is 5. The van der Waals surface area contributed by atoms with Crippen molar-refractivity contribution in [1.29, 1.82) is 0 Å². The summed E-state index contributed by atoms with van der Waals surface area (Å²) in [5.74, 6) is 1.10. The van der Waals surface area contributed by atoms with Gasteiger partial charge < -0.3 is 20.7 Å². The Labute approximate surface area is 212 Å². The molecule has 0 spiro atoms. The molecule has 1 aliphatic heterocycles. The Balaban J connectivity index is 1.96. The number of hydrogen-bond acceptors (Lipinski definition) is 6. The summed E-state index contributed by atoms with van der Waals surface area (Å²) in [6, 6.07) is -0.526. The Morgan fingerprint density at radius 2 is 1.69 bits per heavy atom. The molecule has 1 heterocycles. The number of ether oxygens (including phenoxy) is 1. The minimum absolute atomic E-state index is 0.0534. The average molecular weight is 494 g/mol. The van der Waals surface area contributed by atoms with Crippen molar-refractivity contribution in [2.24, 2.45) is 57.5 Å². The van der Waals surface area contributed by atoms with Crippen LogP contribution in [-0.4, -0.2) is 52.0 Å². The van der Waals surface area contributed by atoms with Crippen molar-refractivity contribution < 1.29 is 25.1 Å². The maximum Gasteiger partial charge on any atom is 0.126 e. The molecule has 0 amide bonds. The van der Waals surface area contributed by atoms with Crippen molar-refractivity contribution in [3.05, 3.63) is 11.1 Å². The van der Waals surface area contributed by atoms with Gasteiger partial charge in [0, 0.05) is 17.9 Å². The molecule has 3 aliphatic carbocycles. The molecule has 5 N–H and O–H groups in total. The molecule has 13 atom stereocenters. The SMILES string of the molecule is CC1=C2C(C)C(C)[C@]3(C)C(C)CC4OC[C@@]4(O)C3C(C)C(C)(CC1[C@@H](OO)C(O)C(C)N)C2(C)C. The molecular weight excluding hydrogens is 442 g/mol. The molecule has 4 aliphatic rings. The summed E-state index contributed by atoms with van der Waals surface area (Å²) in [7, 11) is 0. The van der Waals surface area contributed by atoms with E-state index in [0.29, 0.717) is 18.4 Å². The highest BCUT2D eigenvalue weighted by Gasteiger charge is 2.71. The van der Waals surface area contributed by atoms with Gasteiger partial charge in [0.15, 0.2) is 0 Å². The molecule has 4 rings (SSSR count). The fraction of sp³-hybridized carbons (Fsp3) is 0.931. The van der Waals surface area contributed by atoms with Gasteiger partial charge in [-0.15, -0.1) is 0 Å². The number of aliphatic hydroxyl groups is 2. The maximum absolute atomic E-state index is 12.2. The van der Waals surface area contributed by atoms with Crippen molar-refractivity contribution in [1.82, 2.24) is 0 Å². The molecule has 2 saturated carbocycles. The lowest BCUT2D eigenvalue weighted by Gasteiger charge is -2.71. The summed E-state index contributed by atoms with van der Waals surface area (Å²) in [6.45, 7) is 23.3. The van der Waals surface area contributed by atoms with Crippen molar-refractivity contribution in [2.75, 3.05) is 6.61 Å². The predicted octanol–water partition coefficient (Wildman–Crippen LogP) is 4.64. The number of rotatable bonds is 4. The van der Waals surface area contributed by atoms with E-state index in [0.717, 1.165) is 12.8 Å². The molecule has 0 aromatic rings. The fourth-order valence-corrected chi connectivity index (χ4v) is 9.80. The van der Waals surface area contributed by atoms with E-state index in [1.54, 1.807) is 6.92 Å². The maximum atomic E-state index is 12.2. The van der Waals surface area contributed by atoms with Crippen LogP contribution >= 0.6 is 0 Å². The number of allylic oxidation sites excluding steroid dienone is 1. The first kappa shape index (κ1) is 27.5. The molecule has 6 heteroatoms. The Kier molecular flexibility index (Phi) is 6.69. The average Bonchev–Trinajstić information content (AvgIpc) is 2.77. The van der Waals surface area contributed by atoms with Gasteiger partial charge in [-0.3, -0.25) is 5.26 Å². The van der Waals surface area contributed by atoms with E-state index in [-0.39, 0.29) is 46.0 Å². The van der Waals surface area contributed by atoms with Crippen molar-refractivity contribution >= 4 is 0 Å². The second-order valence-electron chi connectivity index (χ2n) is 14.0. The fourth-order valence-electron chi connectivity index (χ4n) is 9.80. The third kappa shape index (κ3) is 3.36. The van der Waals surface area contributed by atoms with Crippen LogP contribution in [0, 0.1) is 51.8 Å². The summed E-state index contributed by atoms with van der Waals surface area (Å²) in [6.07, 6.45) is -0.235. The molecule has 2 bridgehead atoms. The van der Waals surface area contributed by atoms with Crippen LogP contribution in [0.3, 0.4) is 0 Å². The van der Waals surface area contributed by atoms with Crippen LogP contribution in [-0.2, 0) is 9.62 Å². The second kappa shape index (κ2) is 8.51. The Bertz CT molecular complexity index is 871. The first-order chi connectivity index (χ1) is 16.0. The van der Waals surface area contributed by atoms with Gasteiger partial charge in [0.2, 0.25) is 0 Å². The van der Waals surface area contributed by atoms with Crippen molar-refractivity contribution in [2.45, 2.75) is 112 Å². The monoisotopic (exact) mass is 493 g/mol. The van der Waals surface area contributed by atoms with Crippen LogP contribution in [0.1, 0.15) is 82.1 Å². The molecule has 202 valence electrons. The Morgan fingerprint density at radius 1 is 1.09 bits per heavy atom. The highest BCUT2D eigenvalue weighted by molar-refractivity contribution is 5.35. The van der Waals surface area contributed by atoms with Gasteiger partial charge in [0.05, 0.1) is 18.8 Å². The molecule has 6 nitrogen and oxygen atoms in total. The zero-order valence-electron chi connectivity index (χ0n) is 23.6. The smallest absolute Gasteiger partial charge is 0.126 e. The highest BCUT2D eigenvalue weighted by atomic mass is 17.1. The lowest BCUT2D eigenvalue weighted by atomic mass is 9.36. The van der Waals surface area contributed by atoms with Gasteiger partial charge in [-0.25, -0.2) is 4.89 Å². The van der Waals surface area contributed by atoms with E-state index < -0.39 is 23.9 Å². The number of nitrogens with two attached hydrogens (primary N) is 1. The molecule has 3 fully saturated rings. The van der Waals surface area contributed by atoms with Crippen LogP contribution in [0.4, 0.5) is 0 Å². The van der Waals surface area contributed by atoms with Gasteiger partial charge in [0.25, 0.3) is 0 Å². The minimum Gasteiger partial charge on any atom is -0.389 e. The predicted molar refractivity (Wildman–Crippen MR) is 137 cm³/mol. The van der Waals surface area contributed by atoms with Crippen LogP contribution in [0.5, 0.6) is 0 Å². The van der Waals surface area contributed by atoms with Crippen LogP contribution in [0.2, 0.25) is 0 Å². The minimum atomic E-state index is -0.980.